The molecule has 0 radical (unpaired) electrons. The lowest BCUT2D eigenvalue weighted by Crippen LogP contribution is -2.43. The van der Waals surface area contributed by atoms with Crippen LogP contribution in [0.3, 0.4) is 0 Å². The van der Waals surface area contributed by atoms with E-state index in [1.165, 1.54) is 0 Å². The van der Waals surface area contributed by atoms with Crippen LogP contribution in [0.25, 0.3) is 22.2 Å². The Balaban J connectivity index is 1.53. The van der Waals surface area contributed by atoms with Gasteiger partial charge in [0.1, 0.15) is 41.0 Å². The Morgan fingerprint density at radius 1 is 1.18 bits per heavy atom. The number of aromatic nitrogens is 3. The fourth-order valence-electron chi connectivity index (χ4n) is 6.35. The molecule has 3 aliphatic rings. The first-order chi connectivity index (χ1) is 20.8. The number of pyridine rings is 1. The Labute approximate surface area is 249 Å². The van der Waals surface area contributed by atoms with Gasteiger partial charge in [0.15, 0.2) is 5.82 Å². The Hall–Kier alpha value is -3.59. The van der Waals surface area contributed by atoms with E-state index in [-0.39, 0.29) is 48.2 Å². The molecule has 44 heavy (non-hydrogen) atoms. The van der Waals surface area contributed by atoms with E-state index in [1.54, 1.807) is 6.92 Å². The Bertz CT molecular complexity index is 1570. The maximum atomic E-state index is 16.5. The number of ether oxygens (including phenoxy) is 2. The van der Waals surface area contributed by atoms with Gasteiger partial charge in [-0.2, -0.15) is 23.1 Å². The van der Waals surface area contributed by atoms with Gasteiger partial charge in [0.05, 0.1) is 22.9 Å². The summed E-state index contributed by atoms with van der Waals surface area (Å²) >= 11 is 0. The molecule has 1 unspecified atom stereocenters. The molecule has 4 atom stereocenters. The molecular weight excluding hydrogens is 592 g/mol. The maximum Gasteiger partial charge on any atom is 0.417 e. The number of hydrogen-bond donors (Lipinski definition) is 3. The minimum absolute atomic E-state index is 0.00790. The monoisotopic (exact) mass is 625 g/mol. The normalized spacial score (nSPS) is 26.1. The Morgan fingerprint density at radius 2 is 1.98 bits per heavy atom. The molecule has 0 aliphatic carbocycles. The van der Waals surface area contributed by atoms with E-state index in [1.807, 2.05) is 11.8 Å². The number of nitrogens with zero attached hydrogens (tertiary/aromatic N) is 4. The highest BCUT2D eigenvalue weighted by atomic mass is 19.4. The number of nitrogen functional groups attached to an aromatic ring is 1. The molecular formula is C29H33F6N7O2. The van der Waals surface area contributed by atoms with Crippen molar-refractivity contribution >= 4 is 22.4 Å². The second-order valence-corrected chi connectivity index (χ2v) is 11.9. The highest BCUT2D eigenvalue weighted by Gasteiger charge is 2.49. The van der Waals surface area contributed by atoms with Crippen molar-refractivity contribution in [1.29, 1.82) is 0 Å². The summed E-state index contributed by atoms with van der Waals surface area (Å²) in [5.41, 5.74) is 1.05. The summed E-state index contributed by atoms with van der Waals surface area (Å²) in [5.74, 6) is -2.64. The lowest BCUT2D eigenvalue weighted by Gasteiger charge is -2.30. The number of fused-ring (bicyclic) bond motifs is 1. The summed E-state index contributed by atoms with van der Waals surface area (Å²) in [6, 6.07) is 0.616. The number of nitrogens with one attached hydrogen (secondary N) is 2. The lowest BCUT2D eigenvalue weighted by molar-refractivity contribution is -0.137. The van der Waals surface area contributed by atoms with E-state index >= 15 is 4.39 Å². The van der Waals surface area contributed by atoms with Crippen molar-refractivity contribution in [2.75, 3.05) is 43.8 Å². The highest BCUT2D eigenvalue weighted by Crippen LogP contribution is 2.44. The van der Waals surface area contributed by atoms with Gasteiger partial charge < -0.3 is 25.8 Å². The van der Waals surface area contributed by atoms with Crippen LogP contribution in [0.1, 0.15) is 45.1 Å². The van der Waals surface area contributed by atoms with Crippen LogP contribution in [0.15, 0.2) is 12.1 Å². The molecule has 2 fully saturated rings. The fourth-order valence-corrected chi connectivity index (χ4v) is 6.35. The van der Waals surface area contributed by atoms with Crippen molar-refractivity contribution in [3.05, 3.63) is 29.3 Å². The molecule has 238 valence electrons. The molecule has 0 saturated carbocycles. The average Bonchev–Trinajstić information content (AvgIpc) is 3.47. The summed E-state index contributed by atoms with van der Waals surface area (Å²) in [6.07, 6.45) is -4.19. The van der Waals surface area contributed by atoms with Crippen LogP contribution in [0.5, 0.6) is 11.9 Å². The van der Waals surface area contributed by atoms with Crippen molar-refractivity contribution in [1.82, 2.24) is 25.2 Å². The minimum Gasteiger partial charge on any atom is -0.474 e. The van der Waals surface area contributed by atoms with Crippen LogP contribution < -0.4 is 25.8 Å². The third-order valence-corrected chi connectivity index (χ3v) is 8.59. The van der Waals surface area contributed by atoms with E-state index in [9.17, 15) is 22.0 Å². The summed E-state index contributed by atoms with van der Waals surface area (Å²) in [5, 5.41) is 6.49. The van der Waals surface area contributed by atoms with Gasteiger partial charge in [-0.1, -0.05) is 0 Å². The predicted molar refractivity (Wildman–Crippen MR) is 151 cm³/mol. The quantitative estimate of drug-likeness (QED) is 0.270. The predicted octanol–water partition coefficient (Wildman–Crippen LogP) is 5.09. The first-order valence-corrected chi connectivity index (χ1v) is 14.6. The molecule has 9 nitrogen and oxygen atoms in total. The second-order valence-electron chi connectivity index (χ2n) is 11.9. The van der Waals surface area contributed by atoms with E-state index in [4.69, 9.17) is 15.2 Å². The number of anilines is 2. The molecule has 3 aliphatic heterocycles. The van der Waals surface area contributed by atoms with E-state index in [0.29, 0.717) is 38.5 Å². The van der Waals surface area contributed by atoms with Gasteiger partial charge in [0.2, 0.25) is 5.88 Å². The standard InChI is InChI=1S/C29H33F6N7O2/c1-14-11-38-25-21-24(40-27(41-25)43-13-28-5-3-7-42(28)12-16(30)10-28)22(32)23(39-26(21)44-15(2)4-6-37-14)17-8-20(36)19(31)9-18(17)29(33,34)35/h8-9,14-16,37H,3-7,10-13,36H2,1-2H3,(H,38,40,41)/t14?,15-,16+,28-/m0/s1. The smallest absolute Gasteiger partial charge is 0.417 e. The van der Waals surface area contributed by atoms with Crippen LogP contribution >= 0.6 is 0 Å². The van der Waals surface area contributed by atoms with E-state index in [2.05, 4.69) is 25.6 Å². The number of benzene rings is 1. The lowest BCUT2D eigenvalue weighted by atomic mass is 9.95. The minimum atomic E-state index is -5.06. The van der Waals surface area contributed by atoms with Crippen LogP contribution in [0.4, 0.5) is 37.8 Å². The van der Waals surface area contributed by atoms with Gasteiger partial charge in [0.25, 0.3) is 0 Å². The van der Waals surface area contributed by atoms with Crippen molar-refractivity contribution in [3.63, 3.8) is 0 Å². The molecule has 2 saturated heterocycles. The molecule has 15 heteroatoms. The van der Waals surface area contributed by atoms with Crippen molar-refractivity contribution in [2.24, 2.45) is 0 Å². The average molecular weight is 626 g/mol. The van der Waals surface area contributed by atoms with E-state index < -0.39 is 63.7 Å². The van der Waals surface area contributed by atoms with Gasteiger partial charge in [-0.05, 0) is 58.3 Å². The Morgan fingerprint density at radius 3 is 2.75 bits per heavy atom. The topological polar surface area (TPSA) is 110 Å². The van der Waals surface area contributed by atoms with Gasteiger partial charge in [-0.25, -0.2) is 18.2 Å². The molecule has 5 heterocycles. The number of hydrogen-bond acceptors (Lipinski definition) is 9. The van der Waals surface area contributed by atoms with Crippen LogP contribution in [-0.2, 0) is 6.18 Å². The van der Waals surface area contributed by atoms with Gasteiger partial charge in [0, 0.05) is 31.1 Å². The van der Waals surface area contributed by atoms with Crippen molar-refractivity contribution < 1.29 is 35.8 Å². The van der Waals surface area contributed by atoms with E-state index in [0.717, 1.165) is 13.0 Å². The summed E-state index contributed by atoms with van der Waals surface area (Å²) in [6.45, 7) is 5.65. The molecule has 6 rings (SSSR count). The van der Waals surface area contributed by atoms with Crippen LogP contribution in [0.2, 0.25) is 0 Å². The number of nitrogens with two attached hydrogens (primary N) is 1. The van der Waals surface area contributed by atoms with Crippen LogP contribution in [0, 0.1) is 11.6 Å². The first-order valence-electron chi connectivity index (χ1n) is 14.6. The third kappa shape index (κ3) is 5.67. The fraction of sp³-hybridized carbons (Fsp3) is 0.552. The zero-order valence-electron chi connectivity index (χ0n) is 24.2. The highest BCUT2D eigenvalue weighted by molar-refractivity contribution is 5.96. The number of rotatable bonds is 4. The number of alkyl halides is 4. The van der Waals surface area contributed by atoms with Gasteiger partial charge >= 0.3 is 12.2 Å². The summed E-state index contributed by atoms with van der Waals surface area (Å²) in [4.78, 5) is 15.0. The van der Waals surface area contributed by atoms with Gasteiger partial charge in [-0.15, -0.1) is 0 Å². The largest absolute Gasteiger partial charge is 0.474 e. The molecule has 3 aromatic rings. The molecule has 0 bridgehead atoms. The molecule has 1 aromatic carbocycles. The van der Waals surface area contributed by atoms with Gasteiger partial charge in [-0.3, -0.25) is 4.90 Å². The van der Waals surface area contributed by atoms with Crippen molar-refractivity contribution in [2.45, 2.75) is 69.6 Å². The SMILES string of the molecule is CC1CNc2nc(OC[C@@]34CCCN3C[C@H](F)C4)nc3c(F)c(-c4cc(N)c(F)cc4C(F)(F)F)nc(c23)O[C@@H](C)CCN1. The first kappa shape index (κ1) is 30.4. The summed E-state index contributed by atoms with van der Waals surface area (Å²) < 4.78 is 99.3. The molecule has 0 spiro atoms. The van der Waals surface area contributed by atoms with Crippen molar-refractivity contribution in [3.8, 4) is 23.1 Å². The zero-order chi connectivity index (χ0) is 31.4. The van der Waals surface area contributed by atoms with Crippen LogP contribution in [-0.4, -0.2) is 76.5 Å². The molecule has 4 N–H and O–H groups in total. The Kier molecular flexibility index (Phi) is 7.89. The molecule has 0 amide bonds. The second kappa shape index (κ2) is 11.4. The molecule has 2 aromatic heterocycles. The summed E-state index contributed by atoms with van der Waals surface area (Å²) in [7, 11) is 0. The third-order valence-electron chi connectivity index (χ3n) is 8.59. The zero-order valence-corrected chi connectivity index (χ0v) is 24.2. The maximum absolute atomic E-state index is 16.5. The number of halogens is 6.